The highest BCUT2D eigenvalue weighted by Crippen LogP contribution is 2.37. The van der Waals surface area contributed by atoms with Crippen molar-refractivity contribution in [2.24, 2.45) is 11.3 Å². The van der Waals surface area contributed by atoms with E-state index in [1.807, 2.05) is 11.3 Å². The first kappa shape index (κ1) is 10.2. The highest BCUT2D eigenvalue weighted by molar-refractivity contribution is 7.09. The highest BCUT2D eigenvalue weighted by atomic mass is 32.1. The van der Waals surface area contributed by atoms with Gasteiger partial charge >= 0.3 is 0 Å². The first-order valence-corrected chi connectivity index (χ1v) is 6.32. The third-order valence-electron chi connectivity index (χ3n) is 3.67. The fourth-order valence-electron chi connectivity index (χ4n) is 2.26. The van der Waals surface area contributed by atoms with Crippen LogP contribution in [0.25, 0.3) is 0 Å². The number of piperidine rings is 1. The van der Waals surface area contributed by atoms with E-state index in [1.54, 1.807) is 4.88 Å². The van der Waals surface area contributed by atoms with Gasteiger partial charge in [0.15, 0.2) is 0 Å². The van der Waals surface area contributed by atoms with Gasteiger partial charge < -0.3 is 5.32 Å². The van der Waals surface area contributed by atoms with Crippen LogP contribution in [0.5, 0.6) is 0 Å². The van der Waals surface area contributed by atoms with Gasteiger partial charge in [0.1, 0.15) is 0 Å². The molecule has 1 aliphatic rings. The first-order valence-electron chi connectivity index (χ1n) is 5.44. The molecule has 78 valence electrons. The second-order valence-electron chi connectivity index (χ2n) is 4.77. The molecule has 0 bridgehead atoms. The van der Waals surface area contributed by atoms with Crippen molar-refractivity contribution in [3.8, 4) is 0 Å². The maximum absolute atomic E-state index is 3.47. The van der Waals surface area contributed by atoms with Crippen molar-refractivity contribution >= 4 is 11.3 Å². The monoisotopic (exact) mass is 209 g/mol. The Hall–Kier alpha value is -0.340. The van der Waals surface area contributed by atoms with Crippen LogP contribution in [0.2, 0.25) is 0 Å². The summed E-state index contributed by atoms with van der Waals surface area (Å²) in [7, 11) is 0. The van der Waals surface area contributed by atoms with Crippen LogP contribution in [-0.2, 0) is 6.42 Å². The van der Waals surface area contributed by atoms with Crippen LogP contribution in [0.3, 0.4) is 0 Å². The van der Waals surface area contributed by atoms with Gasteiger partial charge in [0, 0.05) is 4.88 Å². The minimum Gasteiger partial charge on any atom is -0.316 e. The van der Waals surface area contributed by atoms with Gasteiger partial charge in [-0.2, -0.15) is 0 Å². The van der Waals surface area contributed by atoms with Crippen LogP contribution in [-0.4, -0.2) is 13.1 Å². The Balaban J connectivity index is 2.07. The molecule has 2 rings (SSSR count). The Labute approximate surface area is 90.5 Å². The van der Waals surface area contributed by atoms with Crippen LogP contribution in [0, 0.1) is 11.3 Å². The quantitative estimate of drug-likeness (QED) is 0.789. The fraction of sp³-hybridized carbons (Fsp3) is 0.667. The second-order valence-corrected chi connectivity index (χ2v) is 5.80. The molecule has 1 saturated heterocycles. The van der Waals surface area contributed by atoms with Crippen molar-refractivity contribution in [3.63, 3.8) is 0 Å². The summed E-state index contributed by atoms with van der Waals surface area (Å²) >= 11 is 1.90. The zero-order valence-electron chi connectivity index (χ0n) is 9.05. The van der Waals surface area contributed by atoms with Crippen LogP contribution in [0.15, 0.2) is 17.5 Å². The Bertz CT molecular complexity index is 281. The molecule has 0 aromatic carbocycles. The zero-order chi connectivity index (χ0) is 10.0. The normalized spacial score (nSPS) is 33.1. The molecule has 0 aliphatic carbocycles. The molecule has 1 N–H and O–H groups in total. The summed E-state index contributed by atoms with van der Waals surface area (Å²) in [5.41, 5.74) is 0.510. The van der Waals surface area contributed by atoms with Gasteiger partial charge in [0.05, 0.1) is 0 Å². The lowest BCUT2D eigenvalue weighted by Crippen LogP contribution is -2.43. The van der Waals surface area contributed by atoms with E-state index in [0.29, 0.717) is 5.41 Å². The summed E-state index contributed by atoms with van der Waals surface area (Å²) in [6.07, 6.45) is 2.57. The Morgan fingerprint density at radius 1 is 1.64 bits per heavy atom. The summed E-state index contributed by atoms with van der Waals surface area (Å²) in [6, 6.07) is 4.43. The fourth-order valence-corrected chi connectivity index (χ4v) is 3.16. The van der Waals surface area contributed by atoms with Crippen molar-refractivity contribution < 1.29 is 0 Å². The number of thiophene rings is 1. The van der Waals surface area contributed by atoms with E-state index in [-0.39, 0.29) is 0 Å². The third-order valence-corrected chi connectivity index (χ3v) is 4.55. The van der Waals surface area contributed by atoms with E-state index in [4.69, 9.17) is 0 Å². The molecule has 2 heterocycles. The lowest BCUT2D eigenvalue weighted by atomic mass is 9.71. The lowest BCUT2D eigenvalue weighted by Gasteiger charge is -2.40. The summed E-state index contributed by atoms with van der Waals surface area (Å²) in [4.78, 5) is 1.54. The molecular formula is C12H19NS. The SMILES string of the molecule is CC1CNCCC1(C)Cc1cccs1. The minimum atomic E-state index is 0.510. The zero-order valence-corrected chi connectivity index (χ0v) is 9.86. The molecule has 1 aromatic rings. The summed E-state index contributed by atoms with van der Waals surface area (Å²) in [5.74, 6) is 0.790. The van der Waals surface area contributed by atoms with Crippen molar-refractivity contribution in [2.45, 2.75) is 26.7 Å². The Morgan fingerprint density at radius 3 is 3.14 bits per heavy atom. The number of hydrogen-bond donors (Lipinski definition) is 1. The third kappa shape index (κ3) is 2.01. The van der Waals surface area contributed by atoms with Crippen LogP contribution < -0.4 is 5.32 Å². The number of rotatable bonds is 2. The van der Waals surface area contributed by atoms with Crippen LogP contribution in [0.1, 0.15) is 25.1 Å². The van der Waals surface area contributed by atoms with Crippen LogP contribution >= 0.6 is 11.3 Å². The molecule has 1 fully saturated rings. The number of nitrogens with one attached hydrogen (secondary N) is 1. The van der Waals surface area contributed by atoms with Crippen molar-refractivity contribution in [3.05, 3.63) is 22.4 Å². The summed E-state index contributed by atoms with van der Waals surface area (Å²) in [5, 5.41) is 5.66. The van der Waals surface area contributed by atoms with E-state index in [1.165, 1.54) is 25.9 Å². The van der Waals surface area contributed by atoms with Crippen molar-refractivity contribution in [1.82, 2.24) is 5.32 Å². The molecule has 1 aromatic heterocycles. The number of hydrogen-bond acceptors (Lipinski definition) is 2. The van der Waals surface area contributed by atoms with E-state index < -0.39 is 0 Å². The molecule has 1 nitrogen and oxygen atoms in total. The van der Waals surface area contributed by atoms with Gasteiger partial charge in [-0.3, -0.25) is 0 Å². The Kier molecular flexibility index (Phi) is 2.93. The lowest BCUT2D eigenvalue weighted by molar-refractivity contribution is 0.145. The molecular weight excluding hydrogens is 190 g/mol. The smallest absolute Gasteiger partial charge is 0.00507 e. The average Bonchev–Trinajstić information content (AvgIpc) is 2.63. The van der Waals surface area contributed by atoms with E-state index in [0.717, 1.165) is 5.92 Å². The van der Waals surface area contributed by atoms with Gasteiger partial charge in [0.25, 0.3) is 0 Å². The van der Waals surface area contributed by atoms with E-state index in [9.17, 15) is 0 Å². The molecule has 1 aliphatic heterocycles. The van der Waals surface area contributed by atoms with Crippen LogP contribution in [0.4, 0.5) is 0 Å². The van der Waals surface area contributed by atoms with Gasteiger partial charge in [0.2, 0.25) is 0 Å². The summed E-state index contributed by atoms with van der Waals surface area (Å²) in [6.45, 7) is 7.19. The van der Waals surface area contributed by atoms with Crippen molar-refractivity contribution in [1.29, 1.82) is 0 Å². The predicted molar refractivity (Wildman–Crippen MR) is 62.8 cm³/mol. The maximum Gasteiger partial charge on any atom is 0.00507 e. The average molecular weight is 209 g/mol. The molecule has 0 spiro atoms. The van der Waals surface area contributed by atoms with Gasteiger partial charge in [-0.25, -0.2) is 0 Å². The standard InChI is InChI=1S/C12H19NS/c1-10-9-13-6-5-12(10,2)8-11-4-3-7-14-11/h3-4,7,10,13H,5-6,8-9H2,1-2H3. The van der Waals surface area contributed by atoms with Gasteiger partial charge in [-0.15, -0.1) is 11.3 Å². The highest BCUT2D eigenvalue weighted by Gasteiger charge is 2.33. The molecule has 2 unspecified atom stereocenters. The Morgan fingerprint density at radius 2 is 2.50 bits per heavy atom. The molecule has 0 amide bonds. The topological polar surface area (TPSA) is 12.0 Å². The van der Waals surface area contributed by atoms with E-state index in [2.05, 4.69) is 36.7 Å². The molecule has 2 heteroatoms. The van der Waals surface area contributed by atoms with E-state index >= 15 is 0 Å². The van der Waals surface area contributed by atoms with Crippen molar-refractivity contribution in [2.75, 3.05) is 13.1 Å². The predicted octanol–water partition coefficient (Wildman–Crippen LogP) is 2.93. The molecule has 0 saturated carbocycles. The second kappa shape index (κ2) is 4.03. The summed E-state index contributed by atoms with van der Waals surface area (Å²) < 4.78 is 0. The molecule has 0 radical (unpaired) electrons. The minimum absolute atomic E-state index is 0.510. The maximum atomic E-state index is 3.47. The largest absolute Gasteiger partial charge is 0.316 e. The van der Waals surface area contributed by atoms with Gasteiger partial charge in [-0.05, 0) is 48.7 Å². The van der Waals surface area contributed by atoms with Gasteiger partial charge in [-0.1, -0.05) is 19.9 Å². The molecule has 14 heavy (non-hydrogen) atoms. The first-order chi connectivity index (χ1) is 6.71. The molecule has 2 atom stereocenters.